The normalized spacial score (nSPS) is 9.06. The monoisotopic (exact) mass is 228 g/mol. The van der Waals surface area contributed by atoms with Crippen LogP contribution in [0.25, 0.3) is 11.3 Å². The van der Waals surface area contributed by atoms with Crippen molar-refractivity contribution >= 4 is 5.91 Å². The number of nitrogens with two attached hydrogens (primary N) is 1. The Morgan fingerprint density at radius 1 is 1.06 bits per heavy atom. The zero-order valence-corrected chi connectivity index (χ0v) is 10.1. The zero-order chi connectivity index (χ0) is 12.7. The molecule has 0 bridgehead atoms. The Morgan fingerprint density at radius 3 is 2.18 bits per heavy atom. The Bertz CT molecular complexity index is 463. The number of carbonyl (C=O) groups is 1. The lowest BCUT2D eigenvalue weighted by atomic mass is 10.1. The van der Waals surface area contributed by atoms with Crippen molar-refractivity contribution in [3.63, 3.8) is 0 Å². The van der Waals surface area contributed by atoms with E-state index in [-0.39, 0.29) is 0 Å². The maximum absolute atomic E-state index is 10.9. The van der Waals surface area contributed by atoms with Crippen molar-refractivity contribution in [1.29, 1.82) is 0 Å². The van der Waals surface area contributed by atoms with Crippen molar-refractivity contribution in [3.05, 3.63) is 54.2 Å². The fraction of sp³-hybridized carbons (Fsp3) is 0.143. The van der Waals surface area contributed by atoms with Gasteiger partial charge in [0.05, 0.1) is 5.69 Å². The van der Waals surface area contributed by atoms with E-state index in [9.17, 15) is 4.79 Å². The highest BCUT2D eigenvalue weighted by Gasteiger charge is 2.01. The number of rotatable bonds is 2. The Hall–Kier alpha value is -2.16. The number of nitrogens with zero attached hydrogens (tertiary/aromatic N) is 1. The molecule has 0 atom stereocenters. The fourth-order valence-electron chi connectivity index (χ4n) is 1.34. The predicted octanol–water partition coefficient (Wildman–Crippen LogP) is 2.87. The van der Waals surface area contributed by atoms with Crippen LogP contribution in [-0.4, -0.2) is 10.9 Å². The van der Waals surface area contributed by atoms with Crippen LogP contribution in [0.1, 0.15) is 24.2 Å². The third-order valence-corrected chi connectivity index (χ3v) is 2.13. The molecular weight excluding hydrogens is 212 g/mol. The highest BCUT2D eigenvalue weighted by atomic mass is 16.1. The standard InChI is InChI=1S/C12H10N2O.C2H6/c13-12(15)10-6-4-9(5-7-10)11-3-1-2-8-14-11;1-2/h1-8H,(H2,13,15);1-2H3. The summed E-state index contributed by atoms with van der Waals surface area (Å²) in [4.78, 5) is 15.1. The number of primary amides is 1. The molecular formula is C14H16N2O. The quantitative estimate of drug-likeness (QED) is 0.859. The molecule has 2 N–H and O–H groups in total. The Morgan fingerprint density at radius 2 is 1.71 bits per heavy atom. The number of hydrogen-bond acceptors (Lipinski definition) is 2. The first kappa shape index (κ1) is 12.9. The van der Waals surface area contributed by atoms with Gasteiger partial charge in [0, 0.05) is 17.3 Å². The average molecular weight is 228 g/mol. The molecule has 3 nitrogen and oxygen atoms in total. The van der Waals surface area contributed by atoms with Gasteiger partial charge >= 0.3 is 0 Å². The highest BCUT2D eigenvalue weighted by molar-refractivity contribution is 5.93. The van der Waals surface area contributed by atoms with Gasteiger partial charge in [-0.3, -0.25) is 9.78 Å². The first-order valence-corrected chi connectivity index (χ1v) is 5.58. The lowest BCUT2D eigenvalue weighted by Crippen LogP contribution is -2.10. The van der Waals surface area contributed by atoms with E-state index < -0.39 is 5.91 Å². The third-order valence-electron chi connectivity index (χ3n) is 2.13. The zero-order valence-electron chi connectivity index (χ0n) is 10.1. The topological polar surface area (TPSA) is 56.0 Å². The molecule has 0 saturated carbocycles. The van der Waals surface area contributed by atoms with E-state index in [0.29, 0.717) is 5.56 Å². The molecule has 0 spiro atoms. The highest BCUT2D eigenvalue weighted by Crippen LogP contribution is 2.16. The minimum absolute atomic E-state index is 0.414. The summed E-state index contributed by atoms with van der Waals surface area (Å²) in [7, 11) is 0. The molecule has 0 aliphatic heterocycles. The summed E-state index contributed by atoms with van der Waals surface area (Å²) in [5.74, 6) is -0.414. The average Bonchev–Trinajstić information content (AvgIpc) is 2.42. The van der Waals surface area contributed by atoms with Crippen LogP contribution in [-0.2, 0) is 0 Å². The molecule has 0 saturated heterocycles. The van der Waals surface area contributed by atoms with Crippen molar-refractivity contribution in [1.82, 2.24) is 4.98 Å². The van der Waals surface area contributed by atoms with Crippen molar-refractivity contribution in [2.45, 2.75) is 13.8 Å². The molecule has 0 fully saturated rings. The minimum atomic E-state index is -0.414. The molecule has 1 aromatic carbocycles. The summed E-state index contributed by atoms with van der Waals surface area (Å²) in [5.41, 5.74) is 7.51. The van der Waals surface area contributed by atoms with Crippen LogP contribution in [0.5, 0.6) is 0 Å². The van der Waals surface area contributed by atoms with Crippen LogP contribution < -0.4 is 5.73 Å². The Kier molecular flexibility index (Phi) is 4.88. The van der Waals surface area contributed by atoms with Crippen LogP contribution in [0, 0.1) is 0 Å². The van der Waals surface area contributed by atoms with Crippen LogP contribution in [0.3, 0.4) is 0 Å². The van der Waals surface area contributed by atoms with Crippen LogP contribution in [0.2, 0.25) is 0 Å². The summed E-state index contributed by atoms with van der Waals surface area (Å²) >= 11 is 0. The number of amides is 1. The molecule has 17 heavy (non-hydrogen) atoms. The second-order valence-electron chi connectivity index (χ2n) is 3.16. The fourth-order valence-corrected chi connectivity index (χ4v) is 1.34. The number of aromatic nitrogens is 1. The molecule has 0 aliphatic rings. The van der Waals surface area contributed by atoms with Gasteiger partial charge in [-0.2, -0.15) is 0 Å². The first-order valence-electron chi connectivity index (χ1n) is 5.58. The molecule has 0 unspecified atom stereocenters. The van der Waals surface area contributed by atoms with E-state index >= 15 is 0 Å². The molecule has 2 rings (SSSR count). The Labute approximate surface area is 101 Å². The largest absolute Gasteiger partial charge is 0.366 e. The number of carbonyl (C=O) groups excluding carboxylic acids is 1. The predicted molar refractivity (Wildman–Crippen MR) is 69.5 cm³/mol. The van der Waals surface area contributed by atoms with Gasteiger partial charge in [-0.15, -0.1) is 0 Å². The van der Waals surface area contributed by atoms with Gasteiger partial charge in [-0.25, -0.2) is 0 Å². The van der Waals surface area contributed by atoms with E-state index in [1.807, 2.05) is 44.2 Å². The van der Waals surface area contributed by atoms with Crippen molar-refractivity contribution in [2.75, 3.05) is 0 Å². The maximum atomic E-state index is 10.9. The summed E-state index contributed by atoms with van der Waals surface area (Å²) in [6, 6.07) is 12.8. The molecule has 88 valence electrons. The van der Waals surface area contributed by atoms with Gasteiger partial charge in [-0.1, -0.05) is 32.0 Å². The minimum Gasteiger partial charge on any atom is -0.366 e. The molecule has 2 aromatic rings. The lowest BCUT2D eigenvalue weighted by Gasteiger charge is -2.00. The Balaban J connectivity index is 0.000000686. The summed E-state index contributed by atoms with van der Waals surface area (Å²) < 4.78 is 0. The van der Waals surface area contributed by atoms with Gasteiger partial charge in [0.2, 0.25) is 5.91 Å². The smallest absolute Gasteiger partial charge is 0.248 e. The number of hydrogen-bond donors (Lipinski definition) is 1. The second-order valence-corrected chi connectivity index (χ2v) is 3.16. The first-order chi connectivity index (χ1) is 8.27. The number of pyridine rings is 1. The van der Waals surface area contributed by atoms with E-state index in [1.54, 1.807) is 18.3 Å². The van der Waals surface area contributed by atoms with Gasteiger partial charge in [-0.05, 0) is 24.3 Å². The molecule has 0 radical (unpaired) electrons. The van der Waals surface area contributed by atoms with E-state index in [2.05, 4.69) is 4.98 Å². The van der Waals surface area contributed by atoms with E-state index in [0.717, 1.165) is 11.3 Å². The summed E-state index contributed by atoms with van der Waals surface area (Å²) in [5, 5.41) is 0. The summed E-state index contributed by atoms with van der Waals surface area (Å²) in [6.45, 7) is 4.00. The lowest BCUT2D eigenvalue weighted by molar-refractivity contribution is 0.100. The maximum Gasteiger partial charge on any atom is 0.248 e. The van der Waals surface area contributed by atoms with Crippen molar-refractivity contribution in [2.24, 2.45) is 5.73 Å². The van der Waals surface area contributed by atoms with Gasteiger partial charge in [0.1, 0.15) is 0 Å². The molecule has 3 heteroatoms. The van der Waals surface area contributed by atoms with Crippen molar-refractivity contribution < 1.29 is 4.79 Å². The molecule has 1 amide bonds. The van der Waals surface area contributed by atoms with Gasteiger partial charge in [0.25, 0.3) is 0 Å². The van der Waals surface area contributed by atoms with Crippen molar-refractivity contribution in [3.8, 4) is 11.3 Å². The van der Waals surface area contributed by atoms with Gasteiger partial charge in [0.15, 0.2) is 0 Å². The third kappa shape index (κ3) is 3.41. The van der Waals surface area contributed by atoms with Crippen LogP contribution in [0.15, 0.2) is 48.7 Å². The number of benzene rings is 1. The van der Waals surface area contributed by atoms with Crippen LogP contribution in [0.4, 0.5) is 0 Å². The SMILES string of the molecule is CC.NC(=O)c1ccc(-c2ccccn2)cc1. The molecule has 1 heterocycles. The summed E-state index contributed by atoms with van der Waals surface area (Å²) in [6.07, 6.45) is 1.73. The molecule has 0 aliphatic carbocycles. The second kappa shape index (κ2) is 6.43. The van der Waals surface area contributed by atoms with E-state index in [4.69, 9.17) is 5.73 Å². The van der Waals surface area contributed by atoms with E-state index in [1.165, 1.54) is 0 Å². The van der Waals surface area contributed by atoms with Gasteiger partial charge < -0.3 is 5.73 Å². The van der Waals surface area contributed by atoms with Crippen LogP contribution >= 0.6 is 0 Å². The molecule has 1 aromatic heterocycles.